The zero-order valence-corrected chi connectivity index (χ0v) is 11.7. The van der Waals surface area contributed by atoms with Gasteiger partial charge in [0.2, 0.25) is 0 Å². The third-order valence-corrected chi connectivity index (χ3v) is 5.77. The first-order valence-electron chi connectivity index (χ1n) is 6.89. The normalized spacial score (nSPS) is 22.7. The van der Waals surface area contributed by atoms with Crippen LogP contribution in [-0.2, 0) is 10.0 Å². The molecule has 106 valence electrons. The molecule has 0 amide bonds. The maximum atomic E-state index is 12.3. The number of aromatic amines is 1. The first-order chi connectivity index (χ1) is 9.16. The van der Waals surface area contributed by atoms with Crippen LogP contribution in [0.5, 0.6) is 0 Å². The van der Waals surface area contributed by atoms with Crippen LogP contribution in [0.25, 0.3) is 0 Å². The van der Waals surface area contributed by atoms with Gasteiger partial charge in [0.15, 0.2) is 5.03 Å². The molecule has 0 spiro atoms. The van der Waals surface area contributed by atoms with Gasteiger partial charge >= 0.3 is 0 Å². The topological polar surface area (TPSA) is 78.1 Å². The van der Waals surface area contributed by atoms with Gasteiger partial charge in [-0.05, 0) is 44.2 Å². The van der Waals surface area contributed by atoms with Crippen LogP contribution in [0.2, 0.25) is 0 Å². The van der Waals surface area contributed by atoms with Crippen LogP contribution in [0.4, 0.5) is 0 Å². The summed E-state index contributed by atoms with van der Waals surface area (Å²) in [6.07, 6.45) is 5.94. The molecule has 0 atom stereocenters. The maximum Gasteiger partial charge on any atom is 0.259 e. The lowest BCUT2D eigenvalue weighted by Crippen LogP contribution is -2.45. The molecule has 1 aromatic heterocycles. The number of H-pyrrole nitrogens is 1. The molecule has 7 heteroatoms. The first-order valence-corrected chi connectivity index (χ1v) is 8.33. The second kappa shape index (κ2) is 5.22. The summed E-state index contributed by atoms with van der Waals surface area (Å²) in [7, 11) is -3.37. The van der Waals surface area contributed by atoms with Crippen LogP contribution in [0.15, 0.2) is 17.3 Å². The van der Waals surface area contributed by atoms with E-state index in [0.29, 0.717) is 19.1 Å². The summed E-state index contributed by atoms with van der Waals surface area (Å²) in [4.78, 5) is 0. The highest BCUT2D eigenvalue weighted by atomic mass is 32.2. The Morgan fingerprint density at radius 2 is 2.05 bits per heavy atom. The molecule has 2 N–H and O–H groups in total. The average molecular weight is 284 g/mol. The molecule has 1 aliphatic heterocycles. The summed E-state index contributed by atoms with van der Waals surface area (Å²) in [5.74, 6) is 0.867. The fraction of sp³-hybridized carbons (Fsp3) is 0.750. The number of nitrogens with zero attached hydrogens (tertiary/aromatic N) is 2. The molecule has 2 heterocycles. The lowest BCUT2D eigenvalue weighted by Gasteiger charge is -2.31. The predicted molar refractivity (Wildman–Crippen MR) is 71.1 cm³/mol. The van der Waals surface area contributed by atoms with Crippen LogP contribution < -0.4 is 5.32 Å². The Morgan fingerprint density at radius 1 is 1.32 bits per heavy atom. The zero-order valence-electron chi connectivity index (χ0n) is 10.9. The third-order valence-electron chi connectivity index (χ3n) is 3.94. The Labute approximate surface area is 113 Å². The van der Waals surface area contributed by atoms with E-state index in [2.05, 4.69) is 15.5 Å². The van der Waals surface area contributed by atoms with E-state index < -0.39 is 10.0 Å². The molecule has 2 fully saturated rings. The van der Waals surface area contributed by atoms with Gasteiger partial charge in [-0.25, -0.2) is 8.42 Å². The third kappa shape index (κ3) is 2.98. The van der Waals surface area contributed by atoms with E-state index in [1.807, 2.05) is 0 Å². The van der Waals surface area contributed by atoms with Crippen molar-refractivity contribution in [3.05, 3.63) is 12.3 Å². The van der Waals surface area contributed by atoms with Gasteiger partial charge in [-0.1, -0.05) is 0 Å². The van der Waals surface area contributed by atoms with Crippen molar-refractivity contribution in [3.63, 3.8) is 0 Å². The van der Waals surface area contributed by atoms with Gasteiger partial charge in [0.1, 0.15) is 0 Å². The maximum absolute atomic E-state index is 12.3. The highest BCUT2D eigenvalue weighted by Crippen LogP contribution is 2.28. The Kier molecular flexibility index (Phi) is 3.60. The van der Waals surface area contributed by atoms with Crippen molar-refractivity contribution in [2.75, 3.05) is 19.6 Å². The van der Waals surface area contributed by atoms with E-state index in [0.717, 1.165) is 25.3 Å². The Hall–Kier alpha value is -0.920. The number of hydrogen-bond acceptors (Lipinski definition) is 4. The Bertz CT molecular complexity index is 502. The molecule has 1 saturated carbocycles. The monoisotopic (exact) mass is 284 g/mol. The molecule has 1 saturated heterocycles. The van der Waals surface area contributed by atoms with Crippen LogP contribution >= 0.6 is 0 Å². The summed E-state index contributed by atoms with van der Waals surface area (Å²) in [5.41, 5.74) is 0. The molecule has 6 nitrogen and oxygen atoms in total. The molecule has 0 radical (unpaired) electrons. The van der Waals surface area contributed by atoms with E-state index in [1.54, 1.807) is 4.31 Å². The van der Waals surface area contributed by atoms with Gasteiger partial charge in [-0.3, -0.25) is 5.10 Å². The van der Waals surface area contributed by atoms with Crippen LogP contribution in [0.3, 0.4) is 0 Å². The van der Waals surface area contributed by atoms with E-state index in [9.17, 15) is 8.42 Å². The largest absolute Gasteiger partial charge is 0.314 e. The molecule has 0 bridgehead atoms. The van der Waals surface area contributed by atoms with Gasteiger partial charge in [0.05, 0.1) is 6.20 Å². The summed E-state index contributed by atoms with van der Waals surface area (Å²) in [5, 5.41) is 9.99. The summed E-state index contributed by atoms with van der Waals surface area (Å²) < 4.78 is 26.1. The molecule has 19 heavy (non-hydrogen) atoms. The smallest absolute Gasteiger partial charge is 0.259 e. The Balaban J connectivity index is 1.54. The van der Waals surface area contributed by atoms with Gasteiger partial charge in [-0.2, -0.15) is 9.40 Å². The van der Waals surface area contributed by atoms with Crippen molar-refractivity contribution < 1.29 is 8.42 Å². The SMILES string of the molecule is O=S(=O)(c1ccn[nH]1)N1CCC(NCC2CC2)CC1. The molecular weight excluding hydrogens is 264 g/mol. The quantitative estimate of drug-likeness (QED) is 0.828. The van der Waals surface area contributed by atoms with Gasteiger partial charge < -0.3 is 5.32 Å². The van der Waals surface area contributed by atoms with E-state index in [-0.39, 0.29) is 5.03 Å². The second-order valence-electron chi connectivity index (χ2n) is 5.45. The minimum Gasteiger partial charge on any atom is -0.314 e. The second-order valence-corrected chi connectivity index (χ2v) is 7.36. The minimum atomic E-state index is -3.37. The van der Waals surface area contributed by atoms with Crippen molar-refractivity contribution >= 4 is 10.0 Å². The lowest BCUT2D eigenvalue weighted by atomic mass is 10.1. The number of hydrogen-bond donors (Lipinski definition) is 2. The molecule has 0 unspecified atom stereocenters. The average Bonchev–Trinajstić information content (AvgIpc) is 3.07. The van der Waals surface area contributed by atoms with E-state index >= 15 is 0 Å². The van der Waals surface area contributed by atoms with Crippen LogP contribution in [0.1, 0.15) is 25.7 Å². The molecule has 1 aliphatic carbocycles. The van der Waals surface area contributed by atoms with Gasteiger partial charge in [0, 0.05) is 19.1 Å². The molecule has 1 aromatic rings. The molecule has 2 aliphatic rings. The zero-order chi connectivity index (χ0) is 13.3. The van der Waals surface area contributed by atoms with Crippen molar-refractivity contribution in [3.8, 4) is 0 Å². The standard InChI is InChI=1S/C12H20N4O2S/c17-19(18,12-3-6-14-15-12)16-7-4-11(5-8-16)13-9-10-1-2-10/h3,6,10-11,13H,1-2,4-5,7-9H2,(H,14,15). The summed E-state index contributed by atoms with van der Waals surface area (Å²) >= 11 is 0. The minimum absolute atomic E-state index is 0.192. The Morgan fingerprint density at radius 3 is 2.63 bits per heavy atom. The number of nitrogens with one attached hydrogen (secondary N) is 2. The van der Waals surface area contributed by atoms with Gasteiger partial charge in [-0.15, -0.1) is 0 Å². The van der Waals surface area contributed by atoms with Crippen LogP contribution in [-0.4, -0.2) is 48.6 Å². The molecule has 0 aromatic carbocycles. The molecule has 3 rings (SSSR count). The van der Waals surface area contributed by atoms with E-state index in [4.69, 9.17) is 0 Å². The number of sulfonamides is 1. The number of piperidine rings is 1. The fourth-order valence-electron chi connectivity index (χ4n) is 2.48. The predicted octanol–water partition coefficient (Wildman–Crippen LogP) is 0.562. The highest BCUT2D eigenvalue weighted by molar-refractivity contribution is 7.89. The van der Waals surface area contributed by atoms with Crippen molar-refractivity contribution in [1.82, 2.24) is 19.8 Å². The van der Waals surface area contributed by atoms with Crippen molar-refractivity contribution in [2.45, 2.75) is 36.8 Å². The number of aromatic nitrogens is 2. The number of rotatable bonds is 5. The van der Waals surface area contributed by atoms with Gasteiger partial charge in [0.25, 0.3) is 10.0 Å². The van der Waals surface area contributed by atoms with Crippen LogP contribution in [0, 0.1) is 5.92 Å². The first kappa shape index (κ1) is 13.1. The lowest BCUT2D eigenvalue weighted by molar-refractivity contribution is 0.287. The fourth-order valence-corrected chi connectivity index (χ4v) is 3.85. The summed E-state index contributed by atoms with van der Waals surface area (Å²) in [6.45, 7) is 2.27. The van der Waals surface area contributed by atoms with Crippen molar-refractivity contribution in [1.29, 1.82) is 0 Å². The molecular formula is C12H20N4O2S. The highest BCUT2D eigenvalue weighted by Gasteiger charge is 2.30. The van der Waals surface area contributed by atoms with Crippen molar-refractivity contribution in [2.24, 2.45) is 5.92 Å². The summed E-state index contributed by atoms with van der Waals surface area (Å²) in [6, 6.07) is 1.97. The van der Waals surface area contributed by atoms with E-state index in [1.165, 1.54) is 25.1 Å².